The molecule has 7 nitrogen and oxygen atoms in total. The first-order valence-corrected chi connectivity index (χ1v) is 13.6. The van der Waals surface area contributed by atoms with Gasteiger partial charge >= 0.3 is 0 Å². The summed E-state index contributed by atoms with van der Waals surface area (Å²) in [5.74, 6) is 0.581. The Kier molecular flexibility index (Phi) is 8.24. The van der Waals surface area contributed by atoms with Gasteiger partial charge in [0.1, 0.15) is 5.75 Å². The minimum atomic E-state index is -3.50. The lowest BCUT2D eigenvalue weighted by Gasteiger charge is -2.28. The number of ether oxygens (including phenoxy) is 1. The summed E-state index contributed by atoms with van der Waals surface area (Å²) in [5.41, 5.74) is 3.59. The van der Waals surface area contributed by atoms with E-state index in [2.05, 4.69) is 34.5 Å². The van der Waals surface area contributed by atoms with Gasteiger partial charge in [0, 0.05) is 45.7 Å². The first-order chi connectivity index (χ1) is 16.5. The van der Waals surface area contributed by atoms with E-state index in [0.29, 0.717) is 38.2 Å². The number of nitrogens with zero attached hydrogens (tertiary/aromatic N) is 2. The number of nitrogens with one attached hydrogen (secondary N) is 1. The van der Waals surface area contributed by atoms with Crippen LogP contribution in [0.25, 0.3) is 0 Å². The van der Waals surface area contributed by atoms with Crippen molar-refractivity contribution in [2.24, 2.45) is 0 Å². The number of rotatable bonds is 10. The van der Waals surface area contributed by atoms with E-state index in [0.717, 1.165) is 50.9 Å². The molecule has 1 saturated heterocycles. The van der Waals surface area contributed by atoms with Gasteiger partial charge in [-0.2, -0.15) is 4.31 Å². The average molecular weight is 486 g/mol. The fourth-order valence-corrected chi connectivity index (χ4v) is 6.37. The fraction of sp³-hybridized carbons (Fsp3) is 0.500. The van der Waals surface area contributed by atoms with Gasteiger partial charge in [0.2, 0.25) is 15.9 Å². The van der Waals surface area contributed by atoms with E-state index < -0.39 is 10.0 Å². The number of fused-ring (bicyclic) bond motifs is 1. The highest BCUT2D eigenvalue weighted by Crippen LogP contribution is 2.27. The minimum absolute atomic E-state index is 0.0288. The third kappa shape index (κ3) is 5.98. The Balaban J connectivity index is 1.24. The largest absolute Gasteiger partial charge is 0.496 e. The van der Waals surface area contributed by atoms with Crippen LogP contribution in [0.3, 0.4) is 0 Å². The van der Waals surface area contributed by atoms with Crippen LogP contribution in [0, 0.1) is 0 Å². The van der Waals surface area contributed by atoms with Crippen LogP contribution in [0.1, 0.15) is 42.4 Å². The molecule has 0 spiro atoms. The number of carbonyl (C=O) groups excluding carboxylic acids is 1. The highest BCUT2D eigenvalue weighted by molar-refractivity contribution is 7.89. The van der Waals surface area contributed by atoms with E-state index in [1.165, 1.54) is 15.4 Å². The van der Waals surface area contributed by atoms with Crippen LogP contribution in [0.5, 0.6) is 5.75 Å². The molecule has 2 heterocycles. The molecule has 1 amide bonds. The lowest BCUT2D eigenvalue weighted by atomic mass is 10.00. The number of hydrogen-bond donors (Lipinski definition) is 1. The topological polar surface area (TPSA) is 79.0 Å². The van der Waals surface area contributed by atoms with Gasteiger partial charge in [-0.25, -0.2) is 8.42 Å². The number of amides is 1. The monoisotopic (exact) mass is 485 g/mol. The summed E-state index contributed by atoms with van der Waals surface area (Å²) >= 11 is 0. The maximum Gasteiger partial charge on any atom is 0.243 e. The zero-order valence-corrected chi connectivity index (χ0v) is 20.8. The van der Waals surface area contributed by atoms with Crippen LogP contribution in [0.2, 0.25) is 0 Å². The molecule has 0 aromatic heterocycles. The quantitative estimate of drug-likeness (QED) is 0.524. The summed E-state index contributed by atoms with van der Waals surface area (Å²) in [4.78, 5) is 15.1. The van der Waals surface area contributed by atoms with Crippen LogP contribution in [-0.4, -0.2) is 63.4 Å². The van der Waals surface area contributed by atoms with Crippen LogP contribution in [0.15, 0.2) is 47.4 Å². The number of carbonyl (C=O) groups is 1. The zero-order chi connectivity index (χ0) is 24.0. The van der Waals surface area contributed by atoms with Gasteiger partial charge in [0.05, 0.1) is 12.0 Å². The molecule has 184 valence electrons. The Morgan fingerprint density at radius 2 is 1.82 bits per heavy atom. The summed E-state index contributed by atoms with van der Waals surface area (Å²) in [6.07, 6.45) is 4.50. The van der Waals surface area contributed by atoms with E-state index in [1.54, 1.807) is 25.3 Å². The standard InChI is InChI=1S/C26H35N3O4S/c1-33-25-11-10-24(34(31,32)29-16-4-5-17-29)19-22(25)9-12-26(30)27-14-6-15-28-18-13-21-7-2-3-8-23(21)20-28/h2-3,7-8,10-11,19H,4-6,9,12-18,20H2,1H3,(H,27,30). The van der Waals surface area contributed by atoms with Crippen LogP contribution in [0.4, 0.5) is 0 Å². The summed E-state index contributed by atoms with van der Waals surface area (Å²) in [7, 11) is -1.94. The first-order valence-electron chi connectivity index (χ1n) is 12.2. The van der Waals surface area contributed by atoms with Crippen LogP contribution < -0.4 is 10.1 Å². The molecule has 2 aliphatic rings. The molecule has 34 heavy (non-hydrogen) atoms. The highest BCUT2D eigenvalue weighted by atomic mass is 32.2. The predicted molar refractivity (Wildman–Crippen MR) is 132 cm³/mol. The molecule has 1 N–H and O–H groups in total. The van der Waals surface area contributed by atoms with E-state index in [1.807, 2.05) is 0 Å². The number of hydrogen-bond acceptors (Lipinski definition) is 5. The van der Waals surface area contributed by atoms with E-state index in [-0.39, 0.29) is 10.8 Å². The summed E-state index contributed by atoms with van der Waals surface area (Å²) in [6.45, 7) is 4.75. The molecule has 8 heteroatoms. The summed E-state index contributed by atoms with van der Waals surface area (Å²) in [5, 5.41) is 3.01. The van der Waals surface area contributed by atoms with Gasteiger partial charge in [-0.1, -0.05) is 24.3 Å². The van der Waals surface area contributed by atoms with Crippen molar-refractivity contribution in [2.45, 2.75) is 50.0 Å². The van der Waals surface area contributed by atoms with Crippen molar-refractivity contribution >= 4 is 15.9 Å². The lowest BCUT2D eigenvalue weighted by molar-refractivity contribution is -0.121. The highest BCUT2D eigenvalue weighted by Gasteiger charge is 2.27. The van der Waals surface area contributed by atoms with E-state index in [4.69, 9.17) is 4.74 Å². The summed E-state index contributed by atoms with van der Waals surface area (Å²) < 4.78 is 32.7. The molecule has 4 rings (SSSR count). The molecular formula is C26H35N3O4S. The van der Waals surface area contributed by atoms with Crippen molar-refractivity contribution in [1.29, 1.82) is 0 Å². The molecule has 1 fully saturated rings. The number of aryl methyl sites for hydroxylation is 1. The first kappa shape index (κ1) is 24.7. The summed E-state index contributed by atoms with van der Waals surface area (Å²) in [6, 6.07) is 13.5. The van der Waals surface area contributed by atoms with Crippen molar-refractivity contribution in [3.05, 3.63) is 59.2 Å². The van der Waals surface area contributed by atoms with Crippen molar-refractivity contribution in [1.82, 2.24) is 14.5 Å². The maximum absolute atomic E-state index is 12.9. The van der Waals surface area contributed by atoms with Gasteiger partial charge < -0.3 is 10.1 Å². The predicted octanol–water partition coefficient (Wildman–Crippen LogP) is 2.98. The van der Waals surface area contributed by atoms with Crippen molar-refractivity contribution in [3.63, 3.8) is 0 Å². The average Bonchev–Trinajstić information content (AvgIpc) is 3.41. The number of benzene rings is 2. The van der Waals surface area contributed by atoms with Crippen molar-refractivity contribution in [2.75, 3.05) is 39.8 Å². The number of sulfonamides is 1. The minimum Gasteiger partial charge on any atom is -0.496 e. The second-order valence-electron chi connectivity index (χ2n) is 9.08. The van der Waals surface area contributed by atoms with E-state index in [9.17, 15) is 13.2 Å². The van der Waals surface area contributed by atoms with Gasteiger partial charge in [-0.3, -0.25) is 9.69 Å². The lowest BCUT2D eigenvalue weighted by Crippen LogP contribution is -2.33. The molecule has 0 unspecified atom stereocenters. The Morgan fingerprint density at radius 3 is 2.59 bits per heavy atom. The Labute approximate surface area is 203 Å². The molecule has 0 atom stereocenters. The molecule has 2 aliphatic heterocycles. The van der Waals surface area contributed by atoms with Gasteiger partial charge in [-0.05, 0) is 67.0 Å². The molecule has 0 saturated carbocycles. The van der Waals surface area contributed by atoms with Crippen LogP contribution >= 0.6 is 0 Å². The molecular weight excluding hydrogens is 450 g/mol. The Hall–Kier alpha value is -2.42. The van der Waals surface area contributed by atoms with Gasteiger partial charge in [-0.15, -0.1) is 0 Å². The fourth-order valence-electron chi connectivity index (χ4n) is 4.80. The van der Waals surface area contributed by atoms with E-state index >= 15 is 0 Å². The van der Waals surface area contributed by atoms with Crippen LogP contribution in [-0.2, 0) is 34.2 Å². The molecule has 0 bridgehead atoms. The van der Waals surface area contributed by atoms with Gasteiger partial charge in [0.15, 0.2) is 0 Å². The second-order valence-corrected chi connectivity index (χ2v) is 11.0. The third-order valence-corrected chi connectivity index (χ3v) is 8.65. The third-order valence-electron chi connectivity index (χ3n) is 6.76. The molecule has 0 radical (unpaired) electrons. The maximum atomic E-state index is 12.9. The Morgan fingerprint density at radius 1 is 1.06 bits per heavy atom. The van der Waals surface area contributed by atoms with Crippen molar-refractivity contribution < 1.29 is 17.9 Å². The molecule has 2 aromatic rings. The molecule has 2 aromatic carbocycles. The zero-order valence-electron chi connectivity index (χ0n) is 20.0. The normalized spacial score (nSPS) is 16.9. The second kappa shape index (κ2) is 11.3. The number of methoxy groups -OCH3 is 1. The SMILES string of the molecule is COc1ccc(S(=O)(=O)N2CCCC2)cc1CCC(=O)NCCCN1CCc2ccccc2C1. The molecule has 0 aliphatic carbocycles. The van der Waals surface area contributed by atoms with Crippen molar-refractivity contribution in [3.8, 4) is 5.75 Å². The smallest absolute Gasteiger partial charge is 0.243 e. The Bertz CT molecular complexity index is 1100. The van der Waals surface area contributed by atoms with Gasteiger partial charge in [0.25, 0.3) is 0 Å².